The summed E-state index contributed by atoms with van der Waals surface area (Å²) in [4.78, 5) is 19.5. The zero-order valence-corrected chi connectivity index (χ0v) is 20.5. The molecular formula is C14H30CuO20S2+4. The predicted molar refractivity (Wildman–Crippen MR) is 120 cm³/mol. The molecule has 0 aliphatic rings. The smallest absolute Gasteiger partial charge is 0.744 e. The molecule has 37 heavy (non-hydrogen) atoms. The maximum absolute atomic E-state index is 10.5. The van der Waals surface area contributed by atoms with Crippen LogP contribution in [0.5, 0.6) is 11.5 Å². The molecule has 20 nitrogen and oxygen atoms in total. The summed E-state index contributed by atoms with van der Waals surface area (Å²) < 4.78 is 62.9. The molecule has 2 rings (SSSR count). The molecule has 1 radical (unpaired) electrons. The summed E-state index contributed by atoms with van der Waals surface area (Å²) in [7, 11) is -9.40. The molecule has 225 valence electrons. The van der Waals surface area contributed by atoms with Crippen LogP contribution >= 0.6 is 0 Å². The molecule has 0 amide bonds. The van der Waals surface area contributed by atoms with Crippen LogP contribution in [-0.4, -0.2) is 80.2 Å². The Kier molecular flexibility index (Phi) is 35.6. The predicted octanol–water partition coefficient (Wildman–Crippen LogP) is -7.00. The van der Waals surface area contributed by atoms with E-state index < -0.39 is 64.6 Å². The van der Waals surface area contributed by atoms with Gasteiger partial charge >= 0.3 is 29.0 Å². The average Bonchev–Trinajstić information content (AvgIpc) is 2.53. The van der Waals surface area contributed by atoms with E-state index in [1.54, 1.807) is 0 Å². The fraction of sp³-hybridized carbons (Fsp3) is 0. The second-order valence-corrected chi connectivity index (χ2v) is 7.64. The van der Waals surface area contributed by atoms with Crippen molar-refractivity contribution in [2.45, 2.75) is 9.79 Å². The van der Waals surface area contributed by atoms with Crippen LogP contribution in [0.4, 0.5) is 0 Å². The quantitative estimate of drug-likeness (QED) is 0.137. The second kappa shape index (κ2) is 22.2. The van der Waals surface area contributed by atoms with E-state index in [0.29, 0.717) is 12.1 Å². The normalized spacial score (nSPS) is 8.49. The molecule has 24 N–H and O–H groups in total. The Labute approximate surface area is 217 Å². The summed E-state index contributed by atoms with van der Waals surface area (Å²) >= 11 is 0. The Hall–Kier alpha value is -3.00. The van der Waals surface area contributed by atoms with E-state index >= 15 is 0 Å². The molecule has 0 fully saturated rings. The molecule has 0 aromatic heterocycles. The first kappa shape index (κ1) is 59.2. The van der Waals surface area contributed by atoms with Crippen LogP contribution < -0.4 is 0 Å². The number of carbonyl (C=O) groups is 2. The number of hydrogen-bond donors (Lipinski definition) is 4. The van der Waals surface area contributed by atoms with Gasteiger partial charge in [0.2, 0.25) is 0 Å². The molecule has 0 saturated carbocycles. The van der Waals surface area contributed by atoms with Crippen LogP contribution in [0.2, 0.25) is 0 Å². The topological polar surface area (TPSA) is 487 Å². The van der Waals surface area contributed by atoms with Crippen molar-refractivity contribution in [2.24, 2.45) is 0 Å². The molecule has 0 unspecified atom stereocenters. The Morgan fingerprint density at radius 2 is 0.811 bits per heavy atom. The summed E-state index contributed by atoms with van der Waals surface area (Å²) in [5.74, 6) is -4.20. The number of aromatic carboxylic acids is 2. The van der Waals surface area contributed by atoms with E-state index in [2.05, 4.69) is 0 Å². The van der Waals surface area contributed by atoms with Gasteiger partial charge in [-0.3, -0.25) is 0 Å². The largest absolute Gasteiger partial charge is 2.00 e. The summed E-state index contributed by atoms with van der Waals surface area (Å²) in [6.45, 7) is 0. The van der Waals surface area contributed by atoms with Crippen LogP contribution in [0.25, 0.3) is 0 Å². The number of phenols is 2. The van der Waals surface area contributed by atoms with Gasteiger partial charge in [-0.05, 0) is 36.4 Å². The van der Waals surface area contributed by atoms with E-state index in [-0.39, 0.29) is 60.9 Å². The number of benzene rings is 2. The zero-order chi connectivity index (χ0) is 21.9. The van der Waals surface area contributed by atoms with Crippen LogP contribution in [-0.2, 0) is 59.2 Å². The van der Waals surface area contributed by atoms with E-state index in [9.17, 15) is 35.5 Å². The molecule has 0 bridgehead atoms. The summed E-state index contributed by atoms with van der Waals surface area (Å²) in [6.07, 6.45) is 0. The van der Waals surface area contributed by atoms with Gasteiger partial charge in [-0.25, -0.2) is 26.4 Å². The van der Waals surface area contributed by atoms with E-state index in [4.69, 9.17) is 20.4 Å². The zero-order valence-electron chi connectivity index (χ0n) is 17.9. The third-order valence-corrected chi connectivity index (χ3v) is 4.64. The Bertz CT molecular complexity index is 1060. The molecule has 0 atom stereocenters. The van der Waals surface area contributed by atoms with E-state index in [1.807, 2.05) is 0 Å². The average molecular weight is 646 g/mol. The number of carboxylic acids is 2. The maximum Gasteiger partial charge on any atom is 2.00 e. The SMILES string of the molecule is O.O.O.O.O=C(O)c1cc(S(=O)(=O)[O-])ccc1O.O=C(O)c1cc(S(=O)(=O)[O-])ccc1O.[Cu+2].[OH3+].[OH3+].[OH3+].[OH3+]. The van der Waals surface area contributed by atoms with Gasteiger partial charge in [0, 0.05) is 0 Å². The van der Waals surface area contributed by atoms with Crippen molar-refractivity contribution in [3.63, 3.8) is 0 Å². The molecular weight excluding hydrogens is 616 g/mol. The minimum atomic E-state index is -4.70. The number of rotatable bonds is 4. The Morgan fingerprint density at radius 1 is 0.595 bits per heavy atom. The molecule has 23 heteroatoms. The van der Waals surface area contributed by atoms with Gasteiger partial charge in [0.1, 0.15) is 42.9 Å². The maximum atomic E-state index is 10.5. The first-order valence-corrected chi connectivity index (χ1v) is 9.50. The van der Waals surface area contributed by atoms with Gasteiger partial charge in [-0.2, -0.15) is 0 Å². The van der Waals surface area contributed by atoms with Crippen LogP contribution in [0.3, 0.4) is 0 Å². The van der Waals surface area contributed by atoms with E-state index in [0.717, 1.165) is 24.3 Å². The van der Waals surface area contributed by atoms with Gasteiger partial charge in [0.15, 0.2) is 0 Å². The minimum absolute atomic E-state index is 0. The molecule has 0 spiro atoms. The second-order valence-electron chi connectivity index (χ2n) is 4.88. The van der Waals surface area contributed by atoms with Crippen molar-refractivity contribution in [1.82, 2.24) is 0 Å². The van der Waals surface area contributed by atoms with Crippen LogP contribution in [0.15, 0.2) is 46.2 Å². The Balaban J connectivity index is -0.0000000487. The minimum Gasteiger partial charge on any atom is -0.744 e. The fourth-order valence-electron chi connectivity index (χ4n) is 1.68. The van der Waals surface area contributed by atoms with Gasteiger partial charge in [-0.15, -0.1) is 0 Å². The van der Waals surface area contributed by atoms with Gasteiger partial charge in [0.25, 0.3) is 0 Å². The van der Waals surface area contributed by atoms with Gasteiger partial charge in [0.05, 0.1) is 9.79 Å². The molecule has 0 aliphatic heterocycles. The van der Waals surface area contributed by atoms with Crippen LogP contribution in [0, 0.1) is 0 Å². The van der Waals surface area contributed by atoms with Crippen molar-refractivity contribution in [1.29, 1.82) is 0 Å². The number of aromatic hydroxyl groups is 2. The third-order valence-electron chi connectivity index (χ3n) is 2.97. The monoisotopic (exact) mass is 645 g/mol. The van der Waals surface area contributed by atoms with Crippen molar-refractivity contribution >= 4 is 32.2 Å². The number of hydrogen-bond acceptors (Lipinski definition) is 10. The van der Waals surface area contributed by atoms with E-state index in [1.165, 1.54) is 0 Å². The van der Waals surface area contributed by atoms with Crippen molar-refractivity contribution in [3.05, 3.63) is 47.5 Å². The third kappa shape index (κ3) is 17.2. The molecule has 0 saturated heterocycles. The summed E-state index contributed by atoms with van der Waals surface area (Å²) in [5.41, 5.74) is -1.25. The van der Waals surface area contributed by atoms with Crippen LogP contribution in [0.1, 0.15) is 20.7 Å². The molecule has 2 aromatic rings. The van der Waals surface area contributed by atoms with Crippen molar-refractivity contribution in [3.8, 4) is 11.5 Å². The molecule has 0 aliphatic carbocycles. The molecule has 2 aromatic carbocycles. The Morgan fingerprint density at radius 3 is 0.973 bits per heavy atom. The van der Waals surface area contributed by atoms with Crippen molar-refractivity contribution < 1.29 is 117 Å². The standard InChI is InChI=1S/2C7H6O6S.Cu.8H2O/c2*8-6-2-1-4(14(11,12)13)3-5(6)7(9)10;;;;;;;;;/h2*1-3,8H,(H,9,10)(H,11,12,13);;8*1H2/q;;+2;;;;;;;;/p+2. The summed E-state index contributed by atoms with van der Waals surface area (Å²) in [5, 5.41) is 35.0. The molecule has 0 heterocycles. The van der Waals surface area contributed by atoms with Gasteiger partial charge in [-0.1, -0.05) is 0 Å². The van der Waals surface area contributed by atoms with Crippen molar-refractivity contribution in [2.75, 3.05) is 0 Å². The number of carboxylic acid groups (broad SMARTS) is 2. The van der Waals surface area contributed by atoms with Gasteiger partial charge < -0.3 is 73.3 Å². The fourth-order valence-corrected chi connectivity index (χ4v) is 2.68. The summed E-state index contributed by atoms with van der Waals surface area (Å²) in [6, 6.07) is 4.58. The first-order valence-electron chi connectivity index (χ1n) is 6.69. The first-order chi connectivity index (χ1) is 12.6.